The van der Waals surface area contributed by atoms with E-state index in [4.69, 9.17) is 19.4 Å². The number of methoxy groups -OCH3 is 1. The van der Waals surface area contributed by atoms with Gasteiger partial charge < -0.3 is 40.7 Å². The summed E-state index contributed by atoms with van der Waals surface area (Å²) in [5.74, 6) is -1.66. The van der Waals surface area contributed by atoms with Gasteiger partial charge in [0.2, 0.25) is 11.8 Å². The fraction of sp³-hybridized carbons (Fsp3) is 0.609. The maximum atomic E-state index is 15.0. The number of carboxylic acid groups (broad SMARTS) is 1. The zero-order chi connectivity index (χ0) is 47.7. The molecule has 6 atom stereocenters. The molecule has 1 aliphatic carbocycles. The fourth-order valence-electron chi connectivity index (χ4n) is 8.96. The molecule has 3 aliphatic heterocycles. The second kappa shape index (κ2) is 19.7. The highest BCUT2D eigenvalue weighted by atomic mass is 32.2. The first-order chi connectivity index (χ1) is 31.2. The number of amides is 4. The van der Waals surface area contributed by atoms with Crippen molar-refractivity contribution in [1.29, 1.82) is 0 Å². The summed E-state index contributed by atoms with van der Waals surface area (Å²) < 4.78 is 42.0. The van der Waals surface area contributed by atoms with Gasteiger partial charge in [0, 0.05) is 73.0 Å². The lowest BCUT2D eigenvalue weighted by Gasteiger charge is -2.35. The van der Waals surface area contributed by atoms with Crippen LogP contribution < -0.4 is 30.7 Å². The minimum Gasteiger partial charge on any atom is -0.497 e. The minimum absolute atomic E-state index is 0.0327. The van der Waals surface area contributed by atoms with Gasteiger partial charge in [0.15, 0.2) is 5.13 Å². The van der Waals surface area contributed by atoms with Crippen LogP contribution in [-0.2, 0) is 24.6 Å². The fourth-order valence-corrected chi connectivity index (χ4v) is 11.6. The van der Waals surface area contributed by atoms with E-state index >= 15 is 0 Å². The van der Waals surface area contributed by atoms with Gasteiger partial charge in [-0.2, -0.15) is 17.0 Å². The number of hydrogen-bond acceptors (Lipinski definition) is 12. The van der Waals surface area contributed by atoms with Crippen molar-refractivity contribution < 1.29 is 42.2 Å². The highest BCUT2D eigenvalue weighted by molar-refractivity contribution is 7.87. The average Bonchev–Trinajstić information content (AvgIpc) is 3.50. The molecule has 66 heavy (non-hydrogen) atoms. The number of nitrogens with one attached hydrogen (secondary N) is 4. The summed E-state index contributed by atoms with van der Waals surface area (Å²) in [6, 6.07) is 3.66. The summed E-state index contributed by atoms with van der Waals surface area (Å²) >= 11 is 1.45. The van der Waals surface area contributed by atoms with Crippen molar-refractivity contribution in [2.45, 2.75) is 135 Å². The molecule has 0 spiro atoms. The Hall–Kier alpha value is -5.05. The highest BCUT2D eigenvalue weighted by Gasteiger charge is 2.61. The number of carbonyl (C=O) groups excluding carboxylic acids is 3. The van der Waals surface area contributed by atoms with Gasteiger partial charge in [0.25, 0.3) is 10.2 Å². The van der Waals surface area contributed by atoms with E-state index in [1.165, 1.54) is 24.8 Å². The molecule has 2 saturated heterocycles. The van der Waals surface area contributed by atoms with Crippen LogP contribution in [0.25, 0.3) is 22.3 Å². The number of carboxylic acids is 1. The lowest BCUT2D eigenvalue weighted by atomic mass is 9.86. The third-order valence-electron chi connectivity index (χ3n) is 12.9. The number of aliphatic carboxylic acids is 1. The maximum absolute atomic E-state index is 15.0. The molecule has 1 saturated carbocycles. The Morgan fingerprint density at radius 3 is 2.52 bits per heavy atom. The quantitative estimate of drug-likeness (QED) is 0.145. The molecule has 2 aromatic heterocycles. The van der Waals surface area contributed by atoms with Gasteiger partial charge in [-0.3, -0.25) is 9.59 Å². The normalized spacial score (nSPS) is 26.2. The molecule has 5 heterocycles. The second-order valence-electron chi connectivity index (χ2n) is 19.5. The lowest BCUT2D eigenvalue weighted by molar-refractivity contribution is -0.145. The first-order valence-electron chi connectivity index (χ1n) is 22.9. The summed E-state index contributed by atoms with van der Waals surface area (Å²) in [4.78, 5) is 67.3. The summed E-state index contributed by atoms with van der Waals surface area (Å²) in [7, 11) is -2.18. The number of nitrogens with zero attached hydrogens (tertiary/aromatic N) is 5. The Labute approximate surface area is 391 Å². The smallest absolute Gasteiger partial charge is 0.330 e. The zero-order valence-corrected chi connectivity index (χ0v) is 40.8. The Morgan fingerprint density at radius 1 is 1.06 bits per heavy atom. The summed E-state index contributed by atoms with van der Waals surface area (Å²) in [5.41, 5.74) is -0.342. The van der Waals surface area contributed by atoms with Crippen LogP contribution in [0.5, 0.6) is 11.5 Å². The van der Waals surface area contributed by atoms with Gasteiger partial charge in [-0.05, 0) is 70.9 Å². The number of rotatable bonds is 12. The summed E-state index contributed by atoms with van der Waals surface area (Å²) in [6.07, 6.45) is 6.37. The molecule has 0 radical (unpaired) electrons. The van der Waals surface area contributed by atoms with Crippen LogP contribution in [0.15, 0.2) is 41.8 Å². The van der Waals surface area contributed by atoms with E-state index in [-0.39, 0.29) is 51.0 Å². The third kappa shape index (κ3) is 10.7. The van der Waals surface area contributed by atoms with E-state index in [1.54, 1.807) is 25.3 Å². The molecule has 4 aliphatic rings. The van der Waals surface area contributed by atoms with Crippen molar-refractivity contribution in [3.8, 4) is 22.9 Å². The van der Waals surface area contributed by atoms with Crippen LogP contribution in [0, 0.1) is 11.3 Å². The Bertz CT molecular complexity index is 2440. The van der Waals surface area contributed by atoms with Crippen molar-refractivity contribution in [1.82, 2.24) is 39.4 Å². The van der Waals surface area contributed by atoms with E-state index < -0.39 is 75.1 Å². The topological polar surface area (TPSA) is 225 Å². The molecule has 1 aromatic carbocycles. The minimum atomic E-state index is -3.75. The van der Waals surface area contributed by atoms with E-state index in [0.717, 1.165) is 18.0 Å². The Morgan fingerprint density at radius 2 is 1.83 bits per heavy atom. The van der Waals surface area contributed by atoms with Crippen LogP contribution >= 0.6 is 11.3 Å². The van der Waals surface area contributed by atoms with Crippen molar-refractivity contribution in [2.75, 3.05) is 38.6 Å². The number of aromatic nitrogens is 2. The van der Waals surface area contributed by atoms with Crippen molar-refractivity contribution in [2.24, 2.45) is 11.3 Å². The van der Waals surface area contributed by atoms with Gasteiger partial charge in [-0.1, -0.05) is 45.8 Å². The van der Waals surface area contributed by atoms with Gasteiger partial charge in [-0.15, -0.1) is 11.3 Å². The van der Waals surface area contributed by atoms with Crippen LogP contribution in [0.2, 0.25) is 0 Å². The molecule has 360 valence electrons. The standard InChI is InChI=1S/C46H65N9O9S2/c1-27(2)47-44-50-36(26-65-44)35-22-38(32-17-16-30(63-8)20-34(32)48-35)64-31-21-37-40(56)52-46(42(58)59)23-29(46)14-12-10-9-11-13-15-33(41(57)54(37)24-31)49-43(60)51-39(45(5,6)7)25-53-18-19-55(28(3)4)66(53,61)62/h12,14,16-17,20,22,26-29,31,33,37,39H,9-11,13,15,18-19,21,23-25H2,1-8H3,(H,47,50)(H,52,56)(H,58,59)(H2,49,51,60)/b14-12-/t29?,31-,33+,37+,39-,46-/m1/s1. The predicted molar refractivity (Wildman–Crippen MR) is 253 cm³/mol. The molecule has 3 fully saturated rings. The number of allylic oxidation sites excluding steroid dienone is 1. The van der Waals surface area contributed by atoms with Gasteiger partial charge in [0.1, 0.15) is 40.9 Å². The van der Waals surface area contributed by atoms with Crippen molar-refractivity contribution >= 4 is 61.4 Å². The molecule has 4 amide bonds. The van der Waals surface area contributed by atoms with E-state index in [2.05, 4.69) is 21.3 Å². The Balaban J connectivity index is 1.18. The third-order valence-corrected chi connectivity index (χ3v) is 15.8. The van der Waals surface area contributed by atoms with Crippen LogP contribution in [0.3, 0.4) is 0 Å². The number of hydrogen-bond donors (Lipinski definition) is 5. The van der Waals surface area contributed by atoms with E-state index in [0.29, 0.717) is 53.2 Å². The number of thiazole rings is 1. The lowest BCUT2D eigenvalue weighted by Crippen LogP contribution is -2.59. The van der Waals surface area contributed by atoms with E-state index in [9.17, 15) is 32.7 Å². The number of pyridine rings is 1. The number of anilines is 1. The summed E-state index contributed by atoms with van der Waals surface area (Å²) in [5, 5.41) is 25.7. The Kier molecular flexibility index (Phi) is 14.6. The van der Waals surface area contributed by atoms with Crippen LogP contribution in [0.1, 0.15) is 93.4 Å². The molecule has 7 rings (SSSR count). The number of ether oxygens (including phenoxy) is 2. The van der Waals surface area contributed by atoms with E-state index in [1.807, 2.05) is 72.1 Å². The van der Waals surface area contributed by atoms with Gasteiger partial charge >= 0.3 is 12.0 Å². The first-order valence-corrected chi connectivity index (χ1v) is 25.2. The molecule has 5 N–H and O–H groups in total. The second-order valence-corrected chi connectivity index (χ2v) is 22.2. The van der Waals surface area contributed by atoms with Crippen molar-refractivity contribution in [3.05, 3.63) is 41.8 Å². The first kappa shape index (κ1) is 48.9. The SMILES string of the molecule is COc1ccc2c(O[C@@H]3C[C@H]4C(=O)N[C@]5(C(=O)O)CC5/C=C\CCCCC[C@H](NC(=O)N[C@H](CN5CCN(C(C)C)S5(=O)=O)C(C)(C)C)C(=O)N4C3)cc(-c3csc(NC(C)C)n3)nc2c1. The molecular weight excluding hydrogens is 887 g/mol. The number of fused-ring (bicyclic) bond motifs is 3. The predicted octanol–water partition coefficient (Wildman–Crippen LogP) is 5.37. The maximum Gasteiger partial charge on any atom is 0.330 e. The van der Waals surface area contributed by atoms with Gasteiger partial charge in [-0.25, -0.2) is 19.6 Å². The zero-order valence-electron chi connectivity index (χ0n) is 39.1. The summed E-state index contributed by atoms with van der Waals surface area (Å²) in [6.45, 7) is 14.1. The average molecular weight is 952 g/mol. The van der Waals surface area contributed by atoms with Crippen LogP contribution in [0.4, 0.5) is 9.93 Å². The number of carbonyl (C=O) groups is 4. The van der Waals surface area contributed by atoms with Gasteiger partial charge in [0.05, 0.1) is 24.9 Å². The highest BCUT2D eigenvalue weighted by Crippen LogP contribution is 2.46. The molecule has 0 bridgehead atoms. The molecular formula is C46H65N9O9S2. The van der Waals surface area contributed by atoms with Crippen molar-refractivity contribution in [3.63, 3.8) is 0 Å². The largest absolute Gasteiger partial charge is 0.497 e. The molecule has 20 heteroatoms. The van der Waals surface area contributed by atoms with Crippen LogP contribution in [-0.4, -0.2) is 136 Å². The number of benzene rings is 1. The molecule has 3 aromatic rings. The monoisotopic (exact) mass is 951 g/mol. The molecule has 1 unspecified atom stereocenters. The molecule has 18 nitrogen and oxygen atoms in total. The number of urea groups is 1.